The standard InChI is InChI=1S/C67H94N13O17PS2.Cu/c1-41(82)54(37-81)74-66(94)56(39-100)76-67(95)60(42(2)83)77-61(89)50(21-10-11-23-68)71-63(91)53(33-46-34-69-49-20-9-8-19-48(46)49)72-64(92)52(32-45-17-12-16-44-15-6-7-18-47(44)45)73-65(93)55(38-99)75-62(90)51(31-43-13-4-3-5-14-43)70-57(84)22-30-98(96,97)40-80-28-26-78(35-58(85)86)24-25-79(27-29-80)36-59(87)88;/h3-9,12-20,34,41-42,50-56,60,69,81-83,99-100H,10-11,21-33,35-40,68H2,1-2H3,(H,70,84)(H,71,91)(H,72,92)(H,73,93)(H,74,94)(H,75,90)(H,76,95)(H,77,89)(H,85,86)(H,87,88)(H,96,97);/q;+2/p-2/t41-,42-,50+,51+,52+,53+,54-,55+,56+,60+;/m1./s1/i;1+0. The van der Waals surface area contributed by atoms with Gasteiger partial charge in [-0.1, -0.05) is 91.0 Å². The fourth-order valence-corrected chi connectivity index (χ4v) is 13.5. The normalized spacial score (nSPS) is 16.7. The molecule has 30 nitrogen and oxygen atoms in total. The number of fused-ring (bicyclic) bond motifs is 2. The van der Waals surface area contributed by atoms with E-state index in [0.717, 1.165) is 5.39 Å². The molecule has 6 rings (SSSR count). The van der Waals surface area contributed by atoms with E-state index in [1.165, 1.54) is 23.6 Å². The van der Waals surface area contributed by atoms with Gasteiger partial charge in [-0.05, 0) is 73.2 Å². The number of rotatable bonds is 39. The van der Waals surface area contributed by atoms with Crippen LogP contribution in [-0.4, -0.2) is 249 Å². The van der Waals surface area contributed by atoms with Crippen LogP contribution in [0.5, 0.6) is 0 Å². The minimum atomic E-state index is -4.18. The van der Waals surface area contributed by atoms with E-state index in [2.05, 4.69) is 72.8 Å². The Kier molecular flexibility index (Phi) is 35.2. The zero-order valence-corrected chi connectivity index (χ0v) is 59.7. The number of H-pyrrole nitrogens is 1. The first-order valence-corrected chi connectivity index (χ1v) is 36.2. The second-order valence-corrected chi connectivity index (χ2v) is 28.0. The minimum absolute atomic E-state index is 0. The van der Waals surface area contributed by atoms with Gasteiger partial charge >= 0.3 is 17.1 Å². The Balaban J connectivity index is 0.0000184. The summed E-state index contributed by atoms with van der Waals surface area (Å²) in [7, 11) is -4.18. The zero-order chi connectivity index (χ0) is 73.1. The minimum Gasteiger partial charge on any atom is -0.549 e. The number of amides is 8. The van der Waals surface area contributed by atoms with Crippen molar-refractivity contribution in [3.05, 3.63) is 120 Å². The molecule has 15 N–H and O–H groups in total. The smallest absolute Gasteiger partial charge is 0.549 e. The molecule has 4 aromatic carbocycles. The quantitative estimate of drug-likeness (QED) is 0.00772. The molecule has 2 heterocycles. The van der Waals surface area contributed by atoms with E-state index < -0.39 is 166 Å². The molecule has 0 aliphatic carbocycles. The number of carboxylic acids is 2. The number of hydrogen-bond donors (Lipinski definition) is 16. The molecule has 1 unspecified atom stereocenters. The number of aliphatic hydroxyl groups excluding tert-OH is 3. The van der Waals surface area contributed by atoms with Crippen molar-refractivity contribution < 1.29 is 100 Å². The maximum atomic E-state index is 15.3. The predicted molar refractivity (Wildman–Crippen MR) is 375 cm³/mol. The Bertz CT molecular complexity index is 3610. The third-order valence-electron chi connectivity index (χ3n) is 17.0. The first-order valence-electron chi connectivity index (χ1n) is 33.0. The van der Waals surface area contributed by atoms with Crippen LogP contribution < -0.4 is 58.5 Å². The topological polar surface area (TPSA) is 463 Å². The van der Waals surface area contributed by atoms with Crippen molar-refractivity contribution in [2.24, 2.45) is 5.73 Å². The molecule has 8 amide bonds. The van der Waals surface area contributed by atoms with Crippen molar-refractivity contribution in [3.8, 4) is 0 Å². The molecule has 101 heavy (non-hydrogen) atoms. The molecule has 1 fully saturated rings. The van der Waals surface area contributed by atoms with E-state index in [1.54, 1.807) is 83.9 Å². The van der Waals surface area contributed by atoms with Crippen LogP contribution in [0.15, 0.2) is 103 Å². The number of aliphatic carboxylic acids is 2. The van der Waals surface area contributed by atoms with Gasteiger partial charge in [0.2, 0.25) is 54.6 Å². The van der Waals surface area contributed by atoms with E-state index in [-0.39, 0.29) is 106 Å². The van der Waals surface area contributed by atoms with E-state index in [9.17, 15) is 73.3 Å². The zero-order valence-electron chi connectivity index (χ0n) is 56.1. The predicted octanol–water partition coefficient (Wildman–Crippen LogP) is -4.00. The number of benzene rings is 4. The third kappa shape index (κ3) is 27.3. The number of carbonyl (C=O) groups excluding carboxylic acids is 10. The molecule has 1 saturated heterocycles. The number of carboxylic acid groups (broad SMARTS) is 2. The number of nitrogens with one attached hydrogen (secondary N) is 9. The number of aliphatic hydroxyl groups is 3. The summed E-state index contributed by atoms with van der Waals surface area (Å²) in [5, 5.41) is 76.7. The molecule has 1 aliphatic rings. The van der Waals surface area contributed by atoms with Crippen molar-refractivity contribution in [2.45, 2.75) is 119 Å². The summed E-state index contributed by atoms with van der Waals surface area (Å²) in [4.78, 5) is 157. The van der Waals surface area contributed by atoms with Crippen LogP contribution in [0.4, 0.5) is 0 Å². The van der Waals surface area contributed by atoms with Gasteiger partial charge in [-0.2, -0.15) is 25.3 Å². The van der Waals surface area contributed by atoms with Crippen LogP contribution in [0.1, 0.15) is 56.2 Å². The number of nitrogens with zero attached hydrogens (tertiary/aromatic N) is 3. The van der Waals surface area contributed by atoms with E-state index in [4.69, 9.17) is 5.73 Å². The van der Waals surface area contributed by atoms with E-state index in [1.807, 2.05) is 24.3 Å². The Morgan fingerprint density at radius 1 is 0.554 bits per heavy atom. The van der Waals surface area contributed by atoms with Crippen molar-refractivity contribution in [1.82, 2.24) is 62.2 Å². The van der Waals surface area contributed by atoms with Crippen LogP contribution in [0.25, 0.3) is 21.7 Å². The van der Waals surface area contributed by atoms with E-state index in [0.29, 0.717) is 39.4 Å². The molecule has 555 valence electrons. The average molecular weight is 1510 g/mol. The maximum absolute atomic E-state index is 15.3. The number of para-hydroxylation sites is 1. The number of nitrogens with two attached hydrogens (primary N) is 1. The van der Waals surface area contributed by atoms with Gasteiger partial charge < -0.3 is 93.3 Å². The Morgan fingerprint density at radius 3 is 1.58 bits per heavy atom. The fraction of sp³-hybridized carbons (Fsp3) is 0.493. The second-order valence-electron chi connectivity index (χ2n) is 24.8. The maximum Gasteiger partial charge on any atom is 2.00 e. The Labute approximate surface area is 606 Å². The molecule has 34 heteroatoms. The van der Waals surface area contributed by atoms with Gasteiger partial charge in [-0.15, -0.1) is 0 Å². The van der Waals surface area contributed by atoms with Gasteiger partial charge in [0.05, 0.1) is 43.1 Å². The molecule has 0 saturated carbocycles. The van der Waals surface area contributed by atoms with Crippen molar-refractivity contribution in [1.29, 1.82) is 0 Å². The van der Waals surface area contributed by atoms with Gasteiger partial charge in [0.25, 0.3) is 0 Å². The van der Waals surface area contributed by atoms with Gasteiger partial charge in [0.15, 0.2) is 0 Å². The fourth-order valence-electron chi connectivity index (χ4n) is 11.4. The number of carbonyl (C=O) groups is 10. The summed E-state index contributed by atoms with van der Waals surface area (Å²) in [6.07, 6.45) is -2.57. The summed E-state index contributed by atoms with van der Waals surface area (Å²) in [5.74, 6) is -10.5. The van der Waals surface area contributed by atoms with Gasteiger partial charge in [-0.3, -0.25) is 57.6 Å². The summed E-state index contributed by atoms with van der Waals surface area (Å²) >= 11 is 8.62. The number of aromatic nitrogens is 1. The van der Waals surface area contributed by atoms with Crippen LogP contribution in [0.3, 0.4) is 0 Å². The first kappa shape index (κ1) is 84.2. The number of hydrogen-bond acceptors (Lipinski definition) is 22. The van der Waals surface area contributed by atoms with Crippen LogP contribution in [-0.2, 0) is 88.8 Å². The van der Waals surface area contributed by atoms with Gasteiger partial charge in [0.1, 0.15) is 42.3 Å². The first-order chi connectivity index (χ1) is 47.7. The third-order valence-corrected chi connectivity index (χ3v) is 19.5. The summed E-state index contributed by atoms with van der Waals surface area (Å²) in [6, 6.07) is 16.8. The van der Waals surface area contributed by atoms with Crippen LogP contribution in [0.2, 0.25) is 0 Å². The summed E-state index contributed by atoms with van der Waals surface area (Å²) < 4.78 is 13.8. The van der Waals surface area contributed by atoms with Crippen LogP contribution >= 0.6 is 32.6 Å². The van der Waals surface area contributed by atoms with Gasteiger partial charge in [0, 0.05) is 113 Å². The number of unbranched alkanes of at least 4 members (excludes halogenated alkanes) is 1. The van der Waals surface area contributed by atoms with Gasteiger partial charge in [-0.25, -0.2) is 0 Å². The van der Waals surface area contributed by atoms with Crippen molar-refractivity contribution in [3.63, 3.8) is 0 Å². The molecular formula is C67H92CuN13O17PS2. The molecular weight excluding hydrogens is 1420 g/mol. The summed E-state index contributed by atoms with van der Waals surface area (Å²) in [5.41, 5.74) is 8.26. The average Bonchev–Trinajstić information content (AvgIpc) is 1.40. The number of thiol groups is 2. The second kappa shape index (κ2) is 42.2. The molecule has 0 bridgehead atoms. The number of aromatic amines is 1. The SMILES string of the molecule is C[C@@H](O)[C@H](NC(=O)[C@H](CCCCN)NC(=O)[C@H](Cc1c[nH]c2ccccc12)NC(=O)[C@H](Cc1cccc2ccccc12)NC(=O)[C@H](CS)NC(=O)[C@H](Cc1ccccc1)NC(=O)CCP(=O)(O)CN1CCN(CC(=O)[O-])CCN(CC(=O)[O-])CC1)C(=O)N[C@@H](CS)C(=O)N[C@H](CO)[C@@H](C)O.[64Cu+2]. The monoisotopic (exact) mass is 1510 g/mol. The Hall–Kier alpha value is -7.49. The molecule has 1 aliphatic heterocycles. The molecule has 1 radical (unpaired) electrons. The molecule has 0 spiro atoms. The summed E-state index contributed by atoms with van der Waals surface area (Å²) in [6.45, 7) is 2.11. The molecule has 1 aromatic heterocycles. The molecule has 5 aromatic rings. The molecule has 11 atom stereocenters. The largest absolute Gasteiger partial charge is 2.00 e. The Morgan fingerprint density at radius 2 is 1.03 bits per heavy atom. The van der Waals surface area contributed by atoms with Crippen molar-refractivity contribution >= 4 is 113 Å². The van der Waals surface area contributed by atoms with E-state index >= 15 is 9.59 Å². The van der Waals surface area contributed by atoms with Crippen molar-refractivity contribution in [2.75, 3.05) is 89.5 Å². The van der Waals surface area contributed by atoms with Crippen LogP contribution in [0, 0.1) is 0 Å².